The van der Waals surface area contributed by atoms with E-state index in [0.717, 1.165) is 88.4 Å². The molecule has 90 heavy (non-hydrogen) atoms. The molecule has 0 fully saturated rings. The third kappa shape index (κ3) is 8.41. The number of furan rings is 2. The smallest absolute Gasteiger partial charge is 0.136 e. The lowest BCUT2D eigenvalue weighted by Gasteiger charge is -2.19. The summed E-state index contributed by atoms with van der Waals surface area (Å²) in [4.78, 5) is 0. The first-order chi connectivity index (χ1) is 44.6. The van der Waals surface area contributed by atoms with Gasteiger partial charge in [0.25, 0.3) is 0 Å². The summed E-state index contributed by atoms with van der Waals surface area (Å²) in [6.07, 6.45) is 0. The Morgan fingerprint density at radius 2 is 0.433 bits per heavy atom. The summed E-state index contributed by atoms with van der Waals surface area (Å²) >= 11 is 0. The molecule has 0 saturated heterocycles. The molecule has 418 valence electrons. The van der Waals surface area contributed by atoms with E-state index in [-0.39, 0.29) is 0 Å². The minimum atomic E-state index is 0.851. The fourth-order valence-electron chi connectivity index (χ4n) is 14.6. The van der Waals surface area contributed by atoms with E-state index in [2.05, 4.69) is 328 Å². The molecule has 16 aromatic carbocycles. The third-order valence-corrected chi connectivity index (χ3v) is 18.7. The van der Waals surface area contributed by atoms with Gasteiger partial charge in [-0.1, -0.05) is 267 Å². The second-order valence-corrected chi connectivity index (χ2v) is 23.7. The van der Waals surface area contributed by atoms with Gasteiger partial charge in [0.15, 0.2) is 0 Å². The molecule has 0 amide bonds. The van der Waals surface area contributed by atoms with Gasteiger partial charge in [0.1, 0.15) is 22.3 Å². The lowest BCUT2D eigenvalue weighted by atomic mass is 9.83. The van der Waals surface area contributed by atoms with E-state index >= 15 is 0 Å². The second kappa shape index (κ2) is 21.0. The van der Waals surface area contributed by atoms with Crippen LogP contribution in [0.4, 0.5) is 0 Å². The monoisotopic (exact) mass is 1140 g/mol. The Balaban J connectivity index is 0.748. The second-order valence-electron chi connectivity index (χ2n) is 23.7. The van der Waals surface area contributed by atoms with Crippen molar-refractivity contribution in [3.05, 3.63) is 328 Å². The Morgan fingerprint density at radius 1 is 0.133 bits per heavy atom. The minimum Gasteiger partial charge on any atom is -0.456 e. The molecule has 0 radical (unpaired) electrons. The third-order valence-electron chi connectivity index (χ3n) is 18.7. The summed E-state index contributed by atoms with van der Waals surface area (Å²) in [7, 11) is 0. The maximum atomic E-state index is 6.94. The van der Waals surface area contributed by atoms with Gasteiger partial charge in [-0.25, -0.2) is 0 Å². The first-order valence-corrected chi connectivity index (χ1v) is 30.9. The first kappa shape index (κ1) is 51.4. The van der Waals surface area contributed by atoms with Gasteiger partial charge >= 0.3 is 0 Å². The molecule has 0 bridgehead atoms. The number of hydrogen-bond donors (Lipinski definition) is 0. The predicted octanol–water partition coefficient (Wildman–Crippen LogP) is 25.1. The molecule has 2 nitrogen and oxygen atoms in total. The molecule has 0 aliphatic carbocycles. The highest BCUT2D eigenvalue weighted by atomic mass is 16.3. The zero-order valence-corrected chi connectivity index (χ0v) is 49.0. The topological polar surface area (TPSA) is 26.3 Å². The van der Waals surface area contributed by atoms with Crippen LogP contribution in [0.1, 0.15) is 0 Å². The molecule has 2 aromatic heterocycles. The van der Waals surface area contributed by atoms with Crippen molar-refractivity contribution < 1.29 is 8.83 Å². The van der Waals surface area contributed by atoms with Gasteiger partial charge in [0.2, 0.25) is 0 Å². The Hall–Kier alpha value is -11.8. The Kier molecular flexibility index (Phi) is 12.0. The van der Waals surface area contributed by atoms with Crippen LogP contribution in [0.5, 0.6) is 0 Å². The Morgan fingerprint density at radius 3 is 0.922 bits per heavy atom. The van der Waals surface area contributed by atoms with Crippen molar-refractivity contribution in [2.24, 2.45) is 0 Å². The van der Waals surface area contributed by atoms with Crippen molar-refractivity contribution in [3.63, 3.8) is 0 Å². The average Bonchev–Trinajstić information content (AvgIpc) is 1.20. The number of benzene rings is 16. The van der Waals surface area contributed by atoms with Crippen molar-refractivity contribution in [2.45, 2.75) is 0 Å². The summed E-state index contributed by atoms with van der Waals surface area (Å²) in [6.45, 7) is 0. The normalized spacial score (nSPS) is 11.8. The molecule has 0 saturated carbocycles. The quantitative estimate of drug-likeness (QED) is 0.135. The molecular weight excluding hydrogens is 1090 g/mol. The minimum absolute atomic E-state index is 0.851. The summed E-state index contributed by atoms with van der Waals surface area (Å²) < 4.78 is 13.4. The maximum Gasteiger partial charge on any atom is 0.136 e. The number of rotatable bonds is 9. The highest BCUT2D eigenvalue weighted by Gasteiger charge is 2.23. The zero-order chi connectivity index (χ0) is 59.2. The molecule has 18 rings (SSSR count). The molecule has 0 unspecified atom stereocenters. The molecular formula is C88H54O2. The van der Waals surface area contributed by atoms with Gasteiger partial charge in [-0.05, 0) is 204 Å². The fourth-order valence-corrected chi connectivity index (χ4v) is 14.6. The van der Waals surface area contributed by atoms with Crippen LogP contribution < -0.4 is 0 Å². The highest BCUT2D eigenvalue weighted by Crippen LogP contribution is 2.50. The van der Waals surface area contributed by atoms with Crippen LogP contribution in [0.25, 0.3) is 187 Å². The number of hydrogen-bond acceptors (Lipinski definition) is 2. The summed E-state index contributed by atoms with van der Waals surface area (Å²) in [5.74, 6) is 0. The van der Waals surface area contributed by atoms with Crippen LogP contribution in [0.2, 0.25) is 0 Å². The summed E-state index contributed by atoms with van der Waals surface area (Å²) in [5, 5.41) is 14.1. The molecule has 0 spiro atoms. The zero-order valence-electron chi connectivity index (χ0n) is 49.0. The van der Waals surface area contributed by atoms with E-state index in [4.69, 9.17) is 8.83 Å². The van der Waals surface area contributed by atoms with Crippen molar-refractivity contribution in [1.82, 2.24) is 0 Å². The maximum absolute atomic E-state index is 6.94. The molecule has 2 heterocycles. The molecule has 2 heteroatoms. The van der Waals surface area contributed by atoms with E-state index in [1.165, 1.54) is 98.7 Å². The van der Waals surface area contributed by atoms with Crippen molar-refractivity contribution >= 4 is 87.0 Å². The van der Waals surface area contributed by atoms with Crippen LogP contribution in [0.3, 0.4) is 0 Å². The van der Waals surface area contributed by atoms with Gasteiger partial charge in [-0.3, -0.25) is 0 Å². The SMILES string of the molecule is c1ccc(-c2ccc3oc4ccc(-c5c6ccccc6c(-c6cccc(-c7cccc(-c8cc9oc%10ccc(-c%11c%12ccccc%12c(-c%12ccccc%12-c%12ccccc%12)c%12ccccc%11%12)cc%10c9cc8-c8ccccc8)c7)c6)c6ccccc56)cc4c3c2)cc1. The van der Waals surface area contributed by atoms with Crippen LogP contribution in [-0.4, -0.2) is 0 Å². The predicted molar refractivity (Wildman–Crippen MR) is 380 cm³/mol. The van der Waals surface area contributed by atoms with Gasteiger partial charge in [0.05, 0.1) is 0 Å². The van der Waals surface area contributed by atoms with Crippen LogP contribution in [0.15, 0.2) is 336 Å². The highest BCUT2D eigenvalue weighted by molar-refractivity contribution is 6.25. The molecule has 0 aliphatic rings. The first-order valence-electron chi connectivity index (χ1n) is 30.9. The van der Waals surface area contributed by atoms with Crippen LogP contribution >= 0.6 is 0 Å². The van der Waals surface area contributed by atoms with Crippen LogP contribution in [-0.2, 0) is 0 Å². The molecule has 0 aliphatic heterocycles. The van der Waals surface area contributed by atoms with Gasteiger partial charge in [-0.15, -0.1) is 0 Å². The van der Waals surface area contributed by atoms with Crippen LogP contribution in [0, 0.1) is 0 Å². The van der Waals surface area contributed by atoms with Crippen molar-refractivity contribution in [2.75, 3.05) is 0 Å². The van der Waals surface area contributed by atoms with Crippen molar-refractivity contribution in [1.29, 1.82) is 0 Å². The number of fused-ring (bicyclic) bond motifs is 10. The van der Waals surface area contributed by atoms with E-state index in [1.54, 1.807) is 0 Å². The molecule has 18 aromatic rings. The Bertz CT molecular complexity index is 5770. The summed E-state index contributed by atoms with van der Waals surface area (Å²) in [6, 6.07) is 120. The van der Waals surface area contributed by atoms with E-state index < -0.39 is 0 Å². The molecule has 0 N–H and O–H groups in total. The van der Waals surface area contributed by atoms with Gasteiger partial charge in [-0.2, -0.15) is 0 Å². The lowest BCUT2D eigenvalue weighted by Crippen LogP contribution is -1.92. The van der Waals surface area contributed by atoms with Crippen molar-refractivity contribution in [3.8, 4) is 100 Å². The average molecular weight is 1140 g/mol. The van der Waals surface area contributed by atoms with E-state index in [1.807, 2.05) is 0 Å². The van der Waals surface area contributed by atoms with Gasteiger partial charge < -0.3 is 8.83 Å². The van der Waals surface area contributed by atoms with E-state index in [0.29, 0.717) is 0 Å². The van der Waals surface area contributed by atoms with E-state index in [9.17, 15) is 0 Å². The lowest BCUT2D eigenvalue weighted by molar-refractivity contribution is 0.668. The molecule has 0 atom stereocenters. The Labute approximate surface area is 520 Å². The fraction of sp³-hybridized carbons (Fsp3) is 0. The summed E-state index contributed by atoms with van der Waals surface area (Å²) in [5.41, 5.74) is 24.7. The standard InChI is InChI=1S/C88H54O2/c1-4-22-55(23-5-1)60-42-45-81-77(50-60)78-51-63(43-46-82(78)89-81)86-69-36-14-12-34-67(69)85(68-35-13-15-37-70(68)86)62-31-21-29-59(49-62)58-28-20-30-61(48-58)76-54-84-80(53-75(76)57-26-8-3-9-27-57)79-52-64(44-47-83(79)90-84)87-71-38-16-18-40-73(71)88(74-41-19-17-39-72(74)87)66-33-11-10-32-65(66)56-24-6-2-7-25-56/h1-54H. The van der Waals surface area contributed by atoms with Gasteiger partial charge in [0, 0.05) is 21.5 Å². The largest absolute Gasteiger partial charge is 0.456 e.